The van der Waals surface area contributed by atoms with Crippen molar-refractivity contribution in [2.45, 2.75) is 52.4 Å². The average Bonchev–Trinajstić information content (AvgIpc) is 2.61. The second kappa shape index (κ2) is 10.8. The van der Waals surface area contributed by atoms with Crippen molar-refractivity contribution in [3.63, 3.8) is 0 Å². The van der Waals surface area contributed by atoms with E-state index in [1.807, 2.05) is 49.4 Å². The Hall–Kier alpha value is -1.94. The fourth-order valence-corrected chi connectivity index (χ4v) is 3.34. The van der Waals surface area contributed by atoms with Crippen LogP contribution in [0.25, 0.3) is 6.08 Å². The molecule has 0 bridgehead atoms. The van der Waals surface area contributed by atoms with E-state index < -0.39 is 0 Å². The minimum Gasteiger partial charge on any atom is -0.494 e. The van der Waals surface area contributed by atoms with Crippen LogP contribution in [-0.2, 0) is 0 Å². The maximum atomic E-state index is 5.43. The second-order valence-electron chi connectivity index (χ2n) is 6.55. The smallest absolute Gasteiger partial charge is 0.119 e. The second-order valence-corrected chi connectivity index (χ2v) is 6.55. The maximum Gasteiger partial charge on any atom is 0.119 e. The van der Waals surface area contributed by atoms with Crippen molar-refractivity contribution in [1.29, 1.82) is 0 Å². The van der Waals surface area contributed by atoms with Gasteiger partial charge in [0.15, 0.2) is 0 Å². The molecule has 2 rings (SSSR count). The van der Waals surface area contributed by atoms with Crippen molar-refractivity contribution < 1.29 is 4.74 Å². The molecule has 0 aliphatic heterocycles. The van der Waals surface area contributed by atoms with Crippen LogP contribution in [0.2, 0.25) is 0 Å². The Morgan fingerprint density at radius 2 is 1.71 bits per heavy atom. The van der Waals surface area contributed by atoms with Crippen LogP contribution in [0.3, 0.4) is 0 Å². The fraction of sp³-hybridized carbons (Fsp3) is 0.478. The van der Waals surface area contributed by atoms with Crippen molar-refractivity contribution >= 4 is 6.08 Å². The van der Waals surface area contributed by atoms with E-state index in [9.17, 15) is 0 Å². The van der Waals surface area contributed by atoms with E-state index in [-0.39, 0.29) is 0 Å². The van der Waals surface area contributed by atoms with Crippen LogP contribution in [0.1, 0.15) is 57.9 Å². The van der Waals surface area contributed by atoms with E-state index in [1.54, 1.807) is 0 Å². The third kappa shape index (κ3) is 6.67. The molecular formula is C23H30O. The minimum absolute atomic E-state index is 0.702. The Bertz CT molecular complexity index is 575. The lowest BCUT2D eigenvalue weighted by Crippen LogP contribution is -2.12. The van der Waals surface area contributed by atoms with Gasteiger partial charge < -0.3 is 4.74 Å². The SMILES string of the molecule is CCC[C@H]1CC[C@H](/C=C/C#C/C=C/c2ccc(OCC)cc2)CC1. The number of rotatable bonds is 6. The predicted molar refractivity (Wildman–Crippen MR) is 104 cm³/mol. The van der Waals surface area contributed by atoms with Crippen LogP contribution in [0.5, 0.6) is 5.75 Å². The van der Waals surface area contributed by atoms with Gasteiger partial charge in [0.2, 0.25) is 0 Å². The van der Waals surface area contributed by atoms with E-state index in [2.05, 4.69) is 24.8 Å². The highest BCUT2D eigenvalue weighted by molar-refractivity contribution is 5.54. The van der Waals surface area contributed by atoms with Crippen molar-refractivity contribution in [1.82, 2.24) is 0 Å². The molecule has 0 unspecified atom stereocenters. The zero-order chi connectivity index (χ0) is 17.0. The quantitative estimate of drug-likeness (QED) is 0.561. The summed E-state index contributed by atoms with van der Waals surface area (Å²) in [4.78, 5) is 0. The molecule has 1 aromatic rings. The largest absolute Gasteiger partial charge is 0.494 e. The lowest BCUT2D eigenvalue weighted by Gasteiger charge is -2.26. The monoisotopic (exact) mass is 322 g/mol. The summed E-state index contributed by atoms with van der Waals surface area (Å²) in [7, 11) is 0. The number of allylic oxidation sites excluding steroid dienone is 3. The molecule has 0 atom stereocenters. The van der Waals surface area contributed by atoms with Gasteiger partial charge in [0, 0.05) is 0 Å². The van der Waals surface area contributed by atoms with Crippen LogP contribution in [0.15, 0.2) is 42.5 Å². The Morgan fingerprint density at radius 3 is 2.38 bits per heavy atom. The highest BCUT2D eigenvalue weighted by Gasteiger charge is 2.18. The molecule has 0 saturated heterocycles. The van der Waals surface area contributed by atoms with Gasteiger partial charge in [-0.3, -0.25) is 0 Å². The zero-order valence-corrected chi connectivity index (χ0v) is 15.1. The van der Waals surface area contributed by atoms with Crippen LogP contribution in [-0.4, -0.2) is 6.61 Å². The summed E-state index contributed by atoms with van der Waals surface area (Å²) >= 11 is 0. The van der Waals surface area contributed by atoms with E-state index in [1.165, 1.54) is 38.5 Å². The molecule has 1 aliphatic rings. The first-order valence-electron chi connectivity index (χ1n) is 9.39. The molecule has 1 fully saturated rings. The Balaban J connectivity index is 1.73. The van der Waals surface area contributed by atoms with Gasteiger partial charge in [-0.05, 0) is 80.4 Å². The van der Waals surface area contributed by atoms with Gasteiger partial charge in [-0.15, -0.1) is 0 Å². The molecule has 1 aromatic carbocycles. The van der Waals surface area contributed by atoms with Gasteiger partial charge in [0.1, 0.15) is 5.75 Å². The number of ether oxygens (including phenoxy) is 1. The van der Waals surface area contributed by atoms with Gasteiger partial charge in [-0.2, -0.15) is 0 Å². The fourth-order valence-electron chi connectivity index (χ4n) is 3.34. The minimum atomic E-state index is 0.702. The van der Waals surface area contributed by atoms with Gasteiger partial charge in [0.05, 0.1) is 6.61 Å². The molecule has 1 nitrogen and oxygen atoms in total. The summed E-state index contributed by atoms with van der Waals surface area (Å²) in [6, 6.07) is 8.08. The molecule has 128 valence electrons. The summed E-state index contributed by atoms with van der Waals surface area (Å²) in [5.41, 5.74) is 1.14. The molecule has 0 aromatic heterocycles. The Labute approximate surface area is 147 Å². The van der Waals surface area contributed by atoms with Crippen molar-refractivity contribution in [3.05, 3.63) is 48.1 Å². The summed E-state index contributed by atoms with van der Waals surface area (Å²) in [6.07, 6.45) is 16.5. The normalized spacial score (nSPS) is 20.9. The first kappa shape index (κ1) is 18.4. The first-order chi connectivity index (χ1) is 11.8. The van der Waals surface area contributed by atoms with Gasteiger partial charge in [-0.25, -0.2) is 0 Å². The maximum absolute atomic E-state index is 5.43. The van der Waals surface area contributed by atoms with Crippen molar-refractivity contribution in [3.8, 4) is 17.6 Å². The summed E-state index contributed by atoms with van der Waals surface area (Å²) in [5.74, 6) is 8.85. The topological polar surface area (TPSA) is 9.23 Å². The van der Waals surface area contributed by atoms with E-state index in [0.29, 0.717) is 6.61 Å². The van der Waals surface area contributed by atoms with E-state index in [0.717, 1.165) is 23.1 Å². The van der Waals surface area contributed by atoms with Crippen LogP contribution in [0, 0.1) is 23.7 Å². The molecule has 24 heavy (non-hydrogen) atoms. The van der Waals surface area contributed by atoms with E-state index in [4.69, 9.17) is 4.74 Å². The van der Waals surface area contributed by atoms with E-state index >= 15 is 0 Å². The molecule has 1 heteroatoms. The first-order valence-corrected chi connectivity index (χ1v) is 9.39. The van der Waals surface area contributed by atoms with Gasteiger partial charge in [0.25, 0.3) is 0 Å². The molecule has 0 spiro atoms. The van der Waals surface area contributed by atoms with Crippen LogP contribution < -0.4 is 4.74 Å². The lowest BCUT2D eigenvalue weighted by atomic mass is 9.80. The average molecular weight is 322 g/mol. The molecule has 0 N–H and O–H groups in total. The molecule has 0 radical (unpaired) electrons. The Kier molecular flexibility index (Phi) is 8.25. The zero-order valence-electron chi connectivity index (χ0n) is 15.1. The summed E-state index contributed by atoms with van der Waals surface area (Å²) in [6.45, 7) is 4.99. The van der Waals surface area contributed by atoms with Crippen LogP contribution in [0.4, 0.5) is 0 Å². The molecule has 1 saturated carbocycles. The van der Waals surface area contributed by atoms with Crippen molar-refractivity contribution in [2.75, 3.05) is 6.61 Å². The molecule has 0 amide bonds. The third-order valence-corrected chi connectivity index (χ3v) is 4.67. The van der Waals surface area contributed by atoms with Gasteiger partial charge >= 0.3 is 0 Å². The highest BCUT2D eigenvalue weighted by atomic mass is 16.5. The lowest BCUT2D eigenvalue weighted by molar-refractivity contribution is 0.294. The molecule has 1 aliphatic carbocycles. The predicted octanol–water partition coefficient (Wildman–Crippen LogP) is 6.26. The molecule has 0 heterocycles. The summed E-state index contributed by atoms with van der Waals surface area (Å²) < 4.78 is 5.43. The van der Waals surface area contributed by atoms with Crippen molar-refractivity contribution in [2.24, 2.45) is 11.8 Å². The third-order valence-electron chi connectivity index (χ3n) is 4.67. The summed E-state index contributed by atoms with van der Waals surface area (Å²) in [5, 5.41) is 0. The van der Waals surface area contributed by atoms with Crippen LogP contribution >= 0.6 is 0 Å². The highest BCUT2D eigenvalue weighted by Crippen LogP contribution is 2.31. The number of hydrogen-bond acceptors (Lipinski definition) is 1. The Morgan fingerprint density at radius 1 is 1.00 bits per heavy atom. The van der Waals surface area contributed by atoms with Gasteiger partial charge in [-0.1, -0.05) is 49.8 Å². The number of benzene rings is 1. The number of hydrogen-bond donors (Lipinski definition) is 0. The standard InChI is InChI=1S/C23H30O/c1-3-9-20-12-14-21(15-13-20)10-7-5-6-8-11-22-16-18-23(19-17-22)24-4-2/h7-8,10-11,16-21H,3-4,9,12-15H2,1-2H3/b10-7+,11-8+/t20-,21-. The molecular weight excluding hydrogens is 292 g/mol.